The van der Waals surface area contributed by atoms with Crippen molar-refractivity contribution in [2.45, 2.75) is 6.92 Å². The second-order valence-electron chi connectivity index (χ2n) is 5.50. The second kappa shape index (κ2) is 6.36. The molecule has 1 aromatic rings. The lowest BCUT2D eigenvalue weighted by atomic mass is 10.1. The number of carbonyl (C=O) groups is 2. The van der Waals surface area contributed by atoms with Gasteiger partial charge in [0.05, 0.1) is 7.11 Å². The summed E-state index contributed by atoms with van der Waals surface area (Å²) < 4.78 is 16.4. The Hall–Kier alpha value is -2.44. The molecule has 0 atom stereocenters. The number of carbonyl (C=O) groups excluding carboxylic acids is 2. The molecule has 1 saturated heterocycles. The summed E-state index contributed by atoms with van der Waals surface area (Å²) in [5.41, 5.74) is 0.502. The van der Waals surface area contributed by atoms with E-state index in [2.05, 4.69) is 0 Å². The van der Waals surface area contributed by atoms with Crippen molar-refractivity contribution in [1.82, 2.24) is 9.80 Å². The number of hydrogen-bond donors (Lipinski definition) is 0. The maximum Gasteiger partial charge on any atom is 0.254 e. The third-order valence-corrected chi connectivity index (χ3v) is 4.09. The van der Waals surface area contributed by atoms with E-state index in [-0.39, 0.29) is 11.8 Å². The Kier molecular flexibility index (Phi) is 4.27. The van der Waals surface area contributed by atoms with Gasteiger partial charge < -0.3 is 24.0 Å². The smallest absolute Gasteiger partial charge is 0.254 e. The molecule has 2 aliphatic heterocycles. The van der Waals surface area contributed by atoms with Gasteiger partial charge >= 0.3 is 0 Å². The maximum atomic E-state index is 12.7. The van der Waals surface area contributed by atoms with Crippen LogP contribution in [0.1, 0.15) is 17.3 Å². The molecule has 0 unspecified atom stereocenters. The Balaban J connectivity index is 1.79. The highest BCUT2D eigenvalue weighted by Gasteiger charge is 2.26. The summed E-state index contributed by atoms with van der Waals surface area (Å²) in [6.45, 7) is 4.62. The molecule has 0 saturated carbocycles. The lowest BCUT2D eigenvalue weighted by Crippen LogP contribution is -2.50. The second-order valence-corrected chi connectivity index (χ2v) is 5.50. The molecule has 0 N–H and O–H groups in total. The van der Waals surface area contributed by atoms with E-state index in [0.717, 1.165) is 0 Å². The monoisotopic (exact) mass is 320 g/mol. The van der Waals surface area contributed by atoms with Crippen LogP contribution in [0.15, 0.2) is 12.1 Å². The van der Waals surface area contributed by atoms with Gasteiger partial charge in [0, 0.05) is 38.7 Å². The third-order valence-electron chi connectivity index (χ3n) is 4.09. The fraction of sp³-hybridized carbons (Fsp3) is 0.500. The standard InChI is InChI=1S/C16H20N2O5/c1-11(19)17-3-5-18(6-4-17)16(20)12-9-13(21-2)15-14(10-12)22-7-8-23-15/h9-10H,3-8H2,1-2H3. The number of nitrogens with zero attached hydrogens (tertiary/aromatic N) is 2. The zero-order chi connectivity index (χ0) is 16.4. The van der Waals surface area contributed by atoms with E-state index in [1.165, 1.54) is 7.11 Å². The number of benzene rings is 1. The Morgan fingerprint density at radius 2 is 1.70 bits per heavy atom. The molecule has 0 radical (unpaired) electrons. The van der Waals surface area contributed by atoms with Gasteiger partial charge in [0.2, 0.25) is 11.7 Å². The number of hydrogen-bond acceptors (Lipinski definition) is 5. The van der Waals surface area contributed by atoms with E-state index in [1.807, 2.05) is 0 Å². The molecule has 0 spiro atoms. The summed E-state index contributed by atoms with van der Waals surface area (Å²) in [6.07, 6.45) is 0. The van der Waals surface area contributed by atoms with Crippen LogP contribution in [0.25, 0.3) is 0 Å². The number of ether oxygens (including phenoxy) is 3. The molecule has 7 heteroatoms. The molecule has 124 valence electrons. The number of piperazine rings is 1. The Bertz CT molecular complexity index is 606. The highest BCUT2D eigenvalue weighted by Crippen LogP contribution is 2.40. The molecule has 7 nitrogen and oxygen atoms in total. The fourth-order valence-electron chi connectivity index (χ4n) is 2.80. The molecule has 0 aliphatic carbocycles. The van der Waals surface area contributed by atoms with Gasteiger partial charge in [0.25, 0.3) is 5.91 Å². The van der Waals surface area contributed by atoms with E-state index < -0.39 is 0 Å². The number of fused-ring (bicyclic) bond motifs is 1. The van der Waals surface area contributed by atoms with Gasteiger partial charge in [0.1, 0.15) is 13.2 Å². The molecule has 2 aliphatic rings. The van der Waals surface area contributed by atoms with Gasteiger partial charge in [-0.15, -0.1) is 0 Å². The summed E-state index contributed by atoms with van der Waals surface area (Å²) in [5.74, 6) is 1.51. The molecular formula is C16H20N2O5. The highest BCUT2D eigenvalue weighted by atomic mass is 16.6. The van der Waals surface area contributed by atoms with Crippen molar-refractivity contribution in [3.8, 4) is 17.2 Å². The molecule has 0 bridgehead atoms. The predicted molar refractivity (Wildman–Crippen MR) is 82.1 cm³/mol. The van der Waals surface area contributed by atoms with Crippen LogP contribution in [0.5, 0.6) is 17.2 Å². The zero-order valence-electron chi connectivity index (χ0n) is 13.3. The first-order valence-corrected chi connectivity index (χ1v) is 7.62. The van der Waals surface area contributed by atoms with Crippen molar-refractivity contribution in [2.24, 2.45) is 0 Å². The Morgan fingerprint density at radius 1 is 1.04 bits per heavy atom. The summed E-state index contributed by atoms with van der Waals surface area (Å²) in [5, 5.41) is 0. The molecule has 23 heavy (non-hydrogen) atoms. The highest BCUT2D eigenvalue weighted by molar-refractivity contribution is 5.96. The SMILES string of the molecule is COc1cc(C(=O)N2CCN(C(C)=O)CC2)cc2c1OCCO2. The normalized spacial score (nSPS) is 17.0. The molecule has 1 fully saturated rings. The van der Waals surface area contributed by atoms with Crippen LogP contribution >= 0.6 is 0 Å². The molecule has 2 heterocycles. The average molecular weight is 320 g/mol. The molecule has 2 amide bonds. The van der Waals surface area contributed by atoms with Gasteiger partial charge in [-0.25, -0.2) is 0 Å². The Labute approximate surface area is 134 Å². The minimum absolute atomic E-state index is 0.0399. The van der Waals surface area contributed by atoms with E-state index >= 15 is 0 Å². The van der Waals surface area contributed by atoms with Crippen molar-refractivity contribution in [3.63, 3.8) is 0 Å². The fourth-order valence-corrected chi connectivity index (χ4v) is 2.80. The number of methoxy groups -OCH3 is 1. The first kappa shape index (κ1) is 15.5. The van der Waals surface area contributed by atoms with Crippen LogP contribution in [0, 0.1) is 0 Å². The van der Waals surface area contributed by atoms with E-state index in [9.17, 15) is 9.59 Å². The molecule has 3 rings (SSSR count). The van der Waals surface area contributed by atoms with E-state index in [1.54, 1.807) is 28.9 Å². The van der Waals surface area contributed by atoms with Gasteiger partial charge in [-0.05, 0) is 12.1 Å². The summed E-state index contributed by atoms with van der Waals surface area (Å²) in [4.78, 5) is 27.6. The largest absolute Gasteiger partial charge is 0.493 e. The van der Waals surface area contributed by atoms with E-state index in [4.69, 9.17) is 14.2 Å². The minimum atomic E-state index is -0.0940. The van der Waals surface area contributed by atoms with Crippen molar-refractivity contribution >= 4 is 11.8 Å². The summed E-state index contributed by atoms with van der Waals surface area (Å²) >= 11 is 0. The van der Waals surface area contributed by atoms with Crippen molar-refractivity contribution < 1.29 is 23.8 Å². The number of rotatable bonds is 2. The first-order chi connectivity index (χ1) is 11.1. The zero-order valence-corrected chi connectivity index (χ0v) is 13.3. The quantitative estimate of drug-likeness (QED) is 0.805. The number of amides is 2. The maximum absolute atomic E-state index is 12.7. The predicted octanol–water partition coefficient (Wildman–Crippen LogP) is 0.771. The van der Waals surface area contributed by atoms with Gasteiger partial charge in [-0.1, -0.05) is 0 Å². The van der Waals surface area contributed by atoms with Crippen LogP contribution < -0.4 is 14.2 Å². The van der Waals surface area contributed by atoms with Gasteiger partial charge in [-0.3, -0.25) is 9.59 Å². The van der Waals surface area contributed by atoms with Crippen molar-refractivity contribution in [1.29, 1.82) is 0 Å². The topological polar surface area (TPSA) is 68.3 Å². The van der Waals surface area contributed by atoms with Gasteiger partial charge in [0.15, 0.2) is 11.5 Å². The minimum Gasteiger partial charge on any atom is -0.493 e. The first-order valence-electron chi connectivity index (χ1n) is 7.62. The average Bonchev–Trinajstić information content (AvgIpc) is 2.60. The van der Waals surface area contributed by atoms with Crippen molar-refractivity contribution in [2.75, 3.05) is 46.5 Å². The summed E-state index contributed by atoms with van der Waals surface area (Å²) in [7, 11) is 1.54. The molecule has 1 aromatic carbocycles. The van der Waals surface area contributed by atoms with Crippen molar-refractivity contribution in [3.05, 3.63) is 17.7 Å². The van der Waals surface area contributed by atoms with E-state index in [0.29, 0.717) is 62.2 Å². The molecule has 0 aromatic heterocycles. The third kappa shape index (κ3) is 3.04. The van der Waals surface area contributed by atoms with Crippen LogP contribution in [-0.2, 0) is 4.79 Å². The Morgan fingerprint density at radius 3 is 2.35 bits per heavy atom. The van der Waals surface area contributed by atoms with Crippen LogP contribution in [0.3, 0.4) is 0 Å². The van der Waals surface area contributed by atoms with Crippen LogP contribution in [0.4, 0.5) is 0 Å². The van der Waals surface area contributed by atoms with Crippen LogP contribution in [-0.4, -0.2) is 68.1 Å². The lowest BCUT2D eigenvalue weighted by molar-refractivity contribution is -0.130. The van der Waals surface area contributed by atoms with Crippen LogP contribution in [0.2, 0.25) is 0 Å². The summed E-state index contributed by atoms with van der Waals surface area (Å²) in [6, 6.07) is 3.36. The molecular weight excluding hydrogens is 300 g/mol. The lowest BCUT2D eigenvalue weighted by Gasteiger charge is -2.34. The van der Waals surface area contributed by atoms with Gasteiger partial charge in [-0.2, -0.15) is 0 Å².